The van der Waals surface area contributed by atoms with Gasteiger partial charge in [-0.3, -0.25) is 4.79 Å². The van der Waals surface area contributed by atoms with Crippen LogP contribution in [0.1, 0.15) is 70.7 Å². The minimum atomic E-state index is -1.21. The van der Waals surface area contributed by atoms with Crippen molar-refractivity contribution in [1.29, 1.82) is 0 Å². The van der Waals surface area contributed by atoms with E-state index in [2.05, 4.69) is 39.4 Å². The van der Waals surface area contributed by atoms with Gasteiger partial charge in [0.15, 0.2) is 5.60 Å². The van der Waals surface area contributed by atoms with E-state index in [0.717, 1.165) is 56.5 Å². The van der Waals surface area contributed by atoms with Gasteiger partial charge in [-0.15, -0.1) is 11.3 Å². The van der Waals surface area contributed by atoms with Crippen LogP contribution >= 0.6 is 11.3 Å². The summed E-state index contributed by atoms with van der Waals surface area (Å²) in [6.07, 6.45) is 7.92. The van der Waals surface area contributed by atoms with Gasteiger partial charge in [0.2, 0.25) is 11.4 Å². The molecule has 2 atom stereocenters. The molecule has 1 aliphatic rings. The van der Waals surface area contributed by atoms with Crippen LogP contribution in [0.25, 0.3) is 10.9 Å². The molecule has 10 heteroatoms. The maximum Gasteiger partial charge on any atom is 0.248 e. The van der Waals surface area contributed by atoms with Crippen molar-refractivity contribution in [2.45, 2.75) is 63.2 Å². The standard InChI is InChI=1S/C37H44N4O5S/c1-41(21-19-27-22-39-36(46-27)37(45,25-8-4-2-5-9-25)26-10-6-3-7-11-26)24-29-13-12-28(47-29)18-20-38-23-33(43)30-14-16-32(42)35-31(30)15-17-34(44)40-35/h2,4-5,8-9,12-17,22,26,33,38,42-43,45H,3,6-7,10-11,18-21,23-24H2,1H3,(H,40,44). The van der Waals surface area contributed by atoms with Gasteiger partial charge in [-0.25, -0.2) is 4.98 Å². The average Bonchev–Trinajstić information content (AvgIpc) is 3.76. The lowest BCUT2D eigenvalue weighted by atomic mass is 9.73. The first-order valence-corrected chi connectivity index (χ1v) is 17.4. The van der Waals surface area contributed by atoms with E-state index >= 15 is 0 Å². The molecule has 0 radical (unpaired) electrons. The Bertz CT molecular complexity index is 1810. The van der Waals surface area contributed by atoms with E-state index in [1.54, 1.807) is 29.7 Å². The SMILES string of the molecule is CN(CCc1cnc(C(O)(c2ccccc2)C2CCCCC2)o1)Cc1ccc(CCNCC(O)c2ccc(O)c3[nH]c(=O)ccc23)s1. The second-order valence-corrected chi connectivity index (χ2v) is 14.0. The summed E-state index contributed by atoms with van der Waals surface area (Å²) < 4.78 is 6.26. The van der Waals surface area contributed by atoms with E-state index in [-0.39, 0.29) is 17.2 Å². The zero-order chi connectivity index (χ0) is 32.8. The lowest BCUT2D eigenvalue weighted by Crippen LogP contribution is -2.38. The number of thiophene rings is 1. The number of oxazole rings is 1. The lowest BCUT2D eigenvalue weighted by Gasteiger charge is -2.36. The number of aliphatic hydroxyl groups excluding tert-OH is 1. The molecule has 1 saturated carbocycles. The Morgan fingerprint density at radius 3 is 2.64 bits per heavy atom. The number of hydrogen-bond donors (Lipinski definition) is 5. The Balaban J connectivity index is 0.978. The van der Waals surface area contributed by atoms with Crippen molar-refractivity contribution in [2.75, 3.05) is 26.7 Å². The Morgan fingerprint density at radius 1 is 1.04 bits per heavy atom. The van der Waals surface area contributed by atoms with E-state index in [0.29, 0.717) is 41.9 Å². The molecule has 2 unspecified atom stereocenters. The summed E-state index contributed by atoms with van der Waals surface area (Å²) in [5.41, 5.74) is 0.321. The number of phenolic OH excluding ortho intramolecular Hbond substituents is 1. The quantitative estimate of drug-likeness (QED) is 0.0970. The van der Waals surface area contributed by atoms with Crippen LogP contribution in [-0.4, -0.2) is 56.9 Å². The fourth-order valence-electron chi connectivity index (χ4n) is 6.74. The number of phenols is 1. The number of aromatic nitrogens is 2. The third-order valence-corrected chi connectivity index (χ3v) is 10.5. The second kappa shape index (κ2) is 15.0. The smallest absolute Gasteiger partial charge is 0.248 e. The van der Waals surface area contributed by atoms with Crippen molar-refractivity contribution in [3.05, 3.63) is 116 Å². The van der Waals surface area contributed by atoms with Gasteiger partial charge in [-0.1, -0.05) is 55.7 Å². The van der Waals surface area contributed by atoms with E-state index in [4.69, 9.17) is 4.42 Å². The molecule has 1 fully saturated rings. The summed E-state index contributed by atoms with van der Waals surface area (Å²) in [7, 11) is 2.10. The van der Waals surface area contributed by atoms with Crippen molar-refractivity contribution in [3.8, 4) is 5.75 Å². The number of H-pyrrole nitrogens is 1. The van der Waals surface area contributed by atoms with Gasteiger partial charge in [0.05, 0.1) is 17.8 Å². The summed E-state index contributed by atoms with van der Waals surface area (Å²) in [6, 6.07) is 20.4. The molecular weight excluding hydrogens is 612 g/mol. The normalized spacial score (nSPS) is 16.1. The van der Waals surface area contributed by atoms with E-state index in [1.165, 1.54) is 28.3 Å². The van der Waals surface area contributed by atoms with E-state index in [9.17, 15) is 20.1 Å². The molecular formula is C37H44N4O5S. The number of hydrogen-bond acceptors (Lipinski definition) is 9. The number of pyridine rings is 1. The molecule has 0 bridgehead atoms. The molecule has 6 rings (SSSR count). The van der Waals surface area contributed by atoms with Gasteiger partial charge in [0, 0.05) is 59.7 Å². The van der Waals surface area contributed by atoms with Gasteiger partial charge >= 0.3 is 0 Å². The topological polar surface area (TPSA) is 135 Å². The largest absolute Gasteiger partial charge is 0.506 e. The van der Waals surface area contributed by atoms with Gasteiger partial charge in [-0.05, 0) is 61.7 Å². The number of aromatic amines is 1. The van der Waals surface area contributed by atoms with Gasteiger partial charge in [0.25, 0.3) is 0 Å². The predicted molar refractivity (Wildman–Crippen MR) is 185 cm³/mol. The van der Waals surface area contributed by atoms with Crippen LogP contribution in [0.5, 0.6) is 5.75 Å². The van der Waals surface area contributed by atoms with Crippen LogP contribution < -0.4 is 10.9 Å². The average molecular weight is 657 g/mol. The molecule has 5 aromatic rings. The molecule has 1 aliphatic carbocycles. The van der Waals surface area contributed by atoms with Crippen LogP contribution in [0.15, 0.2) is 82.1 Å². The number of fused-ring (bicyclic) bond motifs is 1. The second-order valence-electron chi connectivity index (χ2n) is 12.7. The molecule has 47 heavy (non-hydrogen) atoms. The molecule has 0 amide bonds. The molecule has 0 spiro atoms. The number of aromatic hydroxyl groups is 1. The van der Waals surface area contributed by atoms with Crippen molar-refractivity contribution in [2.24, 2.45) is 5.92 Å². The molecule has 5 N–H and O–H groups in total. The number of rotatable bonds is 14. The maximum absolute atomic E-state index is 12.1. The Morgan fingerprint density at radius 2 is 1.83 bits per heavy atom. The number of benzene rings is 2. The highest BCUT2D eigenvalue weighted by atomic mass is 32.1. The summed E-state index contributed by atoms with van der Waals surface area (Å²) >= 11 is 1.79. The van der Waals surface area contributed by atoms with Crippen LogP contribution in [0.2, 0.25) is 0 Å². The first kappa shape index (κ1) is 33.1. The minimum absolute atomic E-state index is 0.0192. The Kier molecular flexibility index (Phi) is 10.5. The summed E-state index contributed by atoms with van der Waals surface area (Å²) in [5.74, 6) is 1.26. The monoisotopic (exact) mass is 656 g/mol. The summed E-state index contributed by atoms with van der Waals surface area (Å²) in [4.78, 5) is 23.7. The van der Waals surface area contributed by atoms with Crippen LogP contribution in [0.3, 0.4) is 0 Å². The Labute approximate surface area is 278 Å². The fraction of sp³-hybridized carbons (Fsp3) is 0.405. The van der Waals surface area contributed by atoms with E-state index in [1.807, 2.05) is 30.3 Å². The van der Waals surface area contributed by atoms with Crippen LogP contribution in [-0.2, 0) is 25.0 Å². The van der Waals surface area contributed by atoms with Crippen LogP contribution in [0, 0.1) is 5.92 Å². The van der Waals surface area contributed by atoms with Gasteiger partial charge in [0.1, 0.15) is 11.5 Å². The van der Waals surface area contributed by atoms with Gasteiger partial charge in [-0.2, -0.15) is 0 Å². The number of likely N-dealkylation sites (N-methyl/N-ethyl adjacent to an activating group) is 1. The molecule has 3 heterocycles. The van der Waals surface area contributed by atoms with Crippen molar-refractivity contribution < 1.29 is 19.7 Å². The predicted octanol–water partition coefficient (Wildman–Crippen LogP) is 5.64. The summed E-state index contributed by atoms with van der Waals surface area (Å²) in [5, 5.41) is 36.9. The lowest BCUT2D eigenvalue weighted by molar-refractivity contribution is -0.0239. The first-order chi connectivity index (χ1) is 22.8. The number of aliphatic hydroxyl groups is 2. The highest BCUT2D eigenvalue weighted by molar-refractivity contribution is 7.11. The van der Waals surface area contributed by atoms with Crippen molar-refractivity contribution in [1.82, 2.24) is 20.2 Å². The molecule has 0 aliphatic heterocycles. The molecule has 248 valence electrons. The van der Waals surface area contributed by atoms with Crippen molar-refractivity contribution in [3.63, 3.8) is 0 Å². The maximum atomic E-state index is 12.1. The highest BCUT2D eigenvalue weighted by Gasteiger charge is 2.44. The zero-order valence-electron chi connectivity index (χ0n) is 26.8. The minimum Gasteiger partial charge on any atom is -0.506 e. The van der Waals surface area contributed by atoms with Crippen LogP contribution in [0.4, 0.5) is 0 Å². The first-order valence-electron chi connectivity index (χ1n) is 16.5. The highest BCUT2D eigenvalue weighted by Crippen LogP contribution is 2.43. The Hall–Kier alpha value is -3.80. The number of nitrogens with zero attached hydrogens (tertiary/aromatic N) is 2. The molecule has 0 saturated heterocycles. The van der Waals surface area contributed by atoms with Crippen molar-refractivity contribution >= 4 is 22.2 Å². The third-order valence-electron chi connectivity index (χ3n) is 9.32. The van der Waals surface area contributed by atoms with Gasteiger partial charge < -0.3 is 34.9 Å². The zero-order valence-corrected chi connectivity index (χ0v) is 27.6. The molecule has 2 aromatic carbocycles. The number of nitrogens with one attached hydrogen (secondary N) is 2. The molecule has 9 nitrogen and oxygen atoms in total. The van der Waals surface area contributed by atoms with E-state index < -0.39 is 11.7 Å². The summed E-state index contributed by atoms with van der Waals surface area (Å²) in [6.45, 7) is 2.69. The fourth-order valence-corrected chi connectivity index (χ4v) is 7.84. The molecule has 3 aromatic heterocycles. The third kappa shape index (κ3) is 7.69.